The molecule has 0 bridgehead atoms. The summed E-state index contributed by atoms with van der Waals surface area (Å²) in [5, 5.41) is 7.09. The second-order valence-corrected chi connectivity index (χ2v) is 13.4. The number of rotatable bonds is 4. The summed E-state index contributed by atoms with van der Waals surface area (Å²) in [5.74, 6) is 0. The molecule has 3 heteroatoms. The maximum atomic E-state index is 6.46. The van der Waals surface area contributed by atoms with E-state index in [4.69, 9.17) is 4.42 Å². The largest absolute Gasteiger partial charge is 0.456 e. The first kappa shape index (κ1) is 28.0. The molecule has 0 radical (unpaired) electrons. The molecule has 0 amide bonds. The van der Waals surface area contributed by atoms with Gasteiger partial charge >= 0.3 is 0 Å². The minimum atomic E-state index is 0.904. The van der Waals surface area contributed by atoms with Crippen molar-refractivity contribution in [3.8, 4) is 33.6 Å². The second-order valence-electron chi connectivity index (χ2n) is 13.4. The average molecular weight is 651 g/mol. The minimum absolute atomic E-state index is 0.904. The first-order chi connectivity index (χ1) is 25.3. The zero-order chi connectivity index (χ0) is 33.5. The fourth-order valence-electron chi connectivity index (χ4n) is 8.16. The summed E-state index contributed by atoms with van der Waals surface area (Å²) in [5.41, 5.74) is 13.5. The van der Waals surface area contributed by atoms with Crippen LogP contribution in [0.25, 0.3) is 99.2 Å². The molecule has 0 aliphatic heterocycles. The first-order valence-electron chi connectivity index (χ1n) is 17.4. The predicted octanol–water partition coefficient (Wildman–Crippen LogP) is 13.1. The Kier molecular flexibility index (Phi) is 5.96. The van der Waals surface area contributed by atoms with Crippen molar-refractivity contribution in [3.63, 3.8) is 0 Å². The number of furan rings is 1. The number of fused-ring (bicyclic) bond motifs is 9. The van der Waals surface area contributed by atoms with E-state index in [1.54, 1.807) is 0 Å². The molecule has 51 heavy (non-hydrogen) atoms. The summed E-state index contributed by atoms with van der Waals surface area (Å²) >= 11 is 0. The minimum Gasteiger partial charge on any atom is -0.456 e. The number of nitrogens with zero attached hydrogens (tertiary/aromatic N) is 2. The smallest absolute Gasteiger partial charge is 0.136 e. The molecule has 3 nitrogen and oxygen atoms in total. The summed E-state index contributed by atoms with van der Waals surface area (Å²) in [4.78, 5) is 0. The van der Waals surface area contributed by atoms with Gasteiger partial charge < -0.3 is 13.6 Å². The molecule has 0 aliphatic rings. The van der Waals surface area contributed by atoms with Crippen LogP contribution in [0.1, 0.15) is 0 Å². The average Bonchev–Trinajstić information content (AvgIpc) is 3.83. The predicted molar refractivity (Wildman–Crippen MR) is 213 cm³/mol. The van der Waals surface area contributed by atoms with E-state index in [1.165, 1.54) is 54.8 Å². The molecule has 238 valence electrons. The molecule has 0 saturated heterocycles. The van der Waals surface area contributed by atoms with Crippen molar-refractivity contribution < 1.29 is 4.42 Å². The molecule has 8 aromatic carbocycles. The Morgan fingerprint density at radius 1 is 0.275 bits per heavy atom. The normalized spacial score (nSPS) is 11.9. The van der Waals surface area contributed by atoms with Crippen LogP contribution in [-0.4, -0.2) is 9.13 Å². The van der Waals surface area contributed by atoms with Gasteiger partial charge in [-0.15, -0.1) is 0 Å². The monoisotopic (exact) mass is 650 g/mol. The van der Waals surface area contributed by atoms with Gasteiger partial charge in [-0.3, -0.25) is 0 Å². The van der Waals surface area contributed by atoms with Gasteiger partial charge in [-0.05, 0) is 82.9 Å². The third-order valence-electron chi connectivity index (χ3n) is 10.5. The first-order valence-corrected chi connectivity index (χ1v) is 17.4. The van der Waals surface area contributed by atoms with Crippen molar-refractivity contribution in [2.24, 2.45) is 0 Å². The van der Waals surface area contributed by atoms with E-state index in [-0.39, 0.29) is 0 Å². The molecule has 0 unspecified atom stereocenters. The Bertz CT molecular complexity index is 3130. The number of benzene rings is 8. The van der Waals surface area contributed by atoms with Gasteiger partial charge in [0.05, 0.1) is 22.1 Å². The molecule has 0 N–H and O–H groups in total. The molecule has 11 aromatic rings. The topological polar surface area (TPSA) is 23.0 Å². The van der Waals surface area contributed by atoms with Gasteiger partial charge in [-0.1, -0.05) is 121 Å². The molecule has 0 spiro atoms. The van der Waals surface area contributed by atoms with E-state index in [2.05, 4.69) is 185 Å². The van der Waals surface area contributed by atoms with Gasteiger partial charge in [0, 0.05) is 43.7 Å². The number of para-hydroxylation sites is 2. The van der Waals surface area contributed by atoms with E-state index >= 15 is 0 Å². The Morgan fingerprint density at radius 3 is 1.47 bits per heavy atom. The Morgan fingerprint density at radius 2 is 0.784 bits per heavy atom. The van der Waals surface area contributed by atoms with Gasteiger partial charge in [-0.2, -0.15) is 0 Å². The van der Waals surface area contributed by atoms with Crippen molar-refractivity contribution in [1.29, 1.82) is 0 Å². The van der Waals surface area contributed by atoms with Crippen LogP contribution < -0.4 is 0 Å². The summed E-state index contributed by atoms with van der Waals surface area (Å²) in [6.07, 6.45) is 0. The maximum absolute atomic E-state index is 6.46. The van der Waals surface area contributed by atoms with Crippen LogP contribution in [0.5, 0.6) is 0 Å². The molecule has 3 heterocycles. The Labute approximate surface area is 293 Å². The van der Waals surface area contributed by atoms with Crippen molar-refractivity contribution in [2.75, 3.05) is 0 Å². The van der Waals surface area contributed by atoms with Crippen molar-refractivity contribution in [3.05, 3.63) is 182 Å². The van der Waals surface area contributed by atoms with Gasteiger partial charge in [0.15, 0.2) is 0 Å². The third-order valence-corrected chi connectivity index (χ3v) is 10.5. The van der Waals surface area contributed by atoms with Crippen LogP contribution in [0, 0.1) is 0 Å². The number of aromatic nitrogens is 2. The van der Waals surface area contributed by atoms with Crippen molar-refractivity contribution in [1.82, 2.24) is 9.13 Å². The van der Waals surface area contributed by atoms with Gasteiger partial charge in [-0.25, -0.2) is 0 Å². The summed E-state index contributed by atoms with van der Waals surface area (Å²) < 4.78 is 11.3. The SMILES string of the molecule is c1ccc(-c2cccc(-n3c4ccccc4c4cc5c6cc7oc8ccccc8c7cc6n(-c6cccc(-c7ccccc7)c6)c5cc43)c2)cc1. The zero-order valence-corrected chi connectivity index (χ0v) is 27.6. The highest BCUT2D eigenvalue weighted by Gasteiger charge is 2.21. The number of hydrogen-bond acceptors (Lipinski definition) is 1. The van der Waals surface area contributed by atoms with E-state index < -0.39 is 0 Å². The quantitative estimate of drug-likeness (QED) is 0.186. The molecule has 0 saturated carbocycles. The number of hydrogen-bond donors (Lipinski definition) is 0. The Hall–Kier alpha value is -6.84. The molecular formula is C48H30N2O. The third kappa shape index (κ3) is 4.25. The molecule has 0 aliphatic carbocycles. The Balaban J connectivity index is 1.26. The maximum Gasteiger partial charge on any atom is 0.136 e. The highest BCUT2D eigenvalue weighted by molar-refractivity contribution is 6.22. The van der Waals surface area contributed by atoms with Crippen LogP contribution >= 0.6 is 0 Å². The highest BCUT2D eigenvalue weighted by Crippen LogP contribution is 2.42. The molecule has 0 atom stereocenters. The van der Waals surface area contributed by atoms with E-state index in [0.29, 0.717) is 0 Å². The molecular weight excluding hydrogens is 621 g/mol. The molecule has 3 aromatic heterocycles. The summed E-state index contributed by atoms with van der Waals surface area (Å²) in [6.45, 7) is 0. The fraction of sp³-hybridized carbons (Fsp3) is 0. The lowest BCUT2D eigenvalue weighted by molar-refractivity contribution is 0.669. The van der Waals surface area contributed by atoms with Crippen LogP contribution in [0.4, 0.5) is 0 Å². The summed E-state index contributed by atoms with van der Waals surface area (Å²) in [7, 11) is 0. The second kappa shape index (κ2) is 10.8. The lowest BCUT2D eigenvalue weighted by Gasteiger charge is -2.12. The van der Waals surface area contributed by atoms with E-state index in [1.807, 2.05) is 6.07 Å². The van der Waals surface area contributed by atoms with Crippen LogP contribution in [0.3, 0.4) is 0 Å². The van der Waals surface area contributed by atoms with Crippen molar-refractivity contribution in [2.45, 2.75) is 0 Å². The van der Waals surface area contributed by atoms with Crippen molar-refractivity contribution >= 4 is 65.6 Å². The lowest BCUT2D eigenvalue weighted by atomic mass is 10.1. The highest BCUT2D eigenvalue weighted by atomic mass is 16.3. The fourth-order valence-corrected chi connectivity index (χ4v) is 8.16. The summed E-state index contributed by atoms with van der Waals surface area (Å²) in [6, 6.07) is 65.6. The van der Waals surface area contributed by atoms with E-state index in [9.17, 15) is 0 Å². The van der Waals surface area contributed by atoms with Crippen LogP contribution in [0.15, 0.2) is 186 Å². The van der Waals surface area contributed by atoms with Gasteiger partial charge in [0.2, 0.25) is 0 Å². The lowest BCUT2D eigenvalue weighted by Crippen LogP contribution is -1.96. The van der Waals surface area contributed by atoms with E-state index in [0.717, 1.165) is 44.3 Å². The molecule has 11 rings (SSSR count). The zero-order valence-electron chi connectivity index (χ0n) is 27.6. The van der Waals surface area contributed by atoms with Crippen LogP contribution in [0.2, 0.25) is 0 Å². The van der Waals surface area contributed by atoms with Gasteiger partial charge in [0.25, 0.3) is 0 Å². The van der Waals surface area contributed by atoms with Gasteiger partial charge in [0.1, 0.15) is 11.2 Å². The standard InChI is InChI=1S/C48H30N2O/c1-3-13-31(14-4-1)33-17-11-19-35(25-33)49-43-23-9-7-21-37(43)39-27-40-41-29-48-42(38-22-8-10-24-47(38)51-48)28-44(41)50(46(40)30-45(39)49)36-20-12-18-34(26-36)32-15-5-2-6-16-32/h1-30H. The van der Waals surface area contributed by atoms with Crippen LogP contribution in [-0.2, 0) is 0 Å². The molecule has 0 fully saturated rings.